The Bertz CT molecular complexity index is 1180. The molecule has 2 heterocycles. The third-order valence-electron chi connectivity index (χ3n) is 4.30. The first-order valence-corrected chi connectivity index (χ1v) is 8.28. The number of aromatic nitrogens is 4. The van der Waals surface area contributed by atoms with Gasteiger partial charge in [0.1, 0.15) is 18.2 Å². The van der Waals surface area contributed by atoms with Gasteiger partial charge in [0.2, 0.25) is 5.89 Å². The molecule has 0 spiro atoms. The van der Waals surface area contributed by atoms with Gasteiger partial charge in [-0.15, -0.1) is 10.2 Å². The maximum Gasteiger partial charge on any atom is 0.227 e. The van der Waals surface area contributed by atoms with Crippen LogP contribution in [0.5, 0.6) is 0 Å². The summed E-state index contributed by atoms with van der Waals surface area (Å²) in [5.41, 5.74) is 5.77. The van der Waals surface area contributed by atoms with Crippen LogP contribution in [0.1, 0.15) is 0 Å². The molecule has 0 radical (unpaired) electrons. The summed E-state index contributed by atoms with van der Waals surface area (Å²) in [6.45, 7) is 0. The van der Waals surface area contributed by atoms with E-state index in [-0.39, 0.29) is 0 Å². The highest BCUT2D eigenvalue weighted by Gasteiger charge is 2.10. The second-order valence-electron chi connectivity index (χ2n) is 5.99. The summed E-state index contributed by atoms with van der Waals surface area (Å²) >= 11 is 0. The number of nitrogens with zero attached hydrogens (tertiary/aromatic N) is 4. The number of benzene rings is 3. The Labute approximate surface area is 149 Å². The van der Waals surface area contributed by atoms with E-state index in [1.165, 1.54) is 0 Å². The van der Waals surface area contributed by atoms with E-state index in [2.05, 4.69) is 39.4 Å². The molecule has 0 saturated carbocycles. The van der Waals surface area contributed by atoms with Gasteiger partial charge in [0.25, 0.3) is 0 Å². The maximum atomic E-state index is 5.97. The van der Waals surface area contributed by atoms with Gasteiger partial charge in [0.15, 0.2) is 5.58 Å². The molecule has 3 aromatic carbocycles. The molecule has 5 rings (SSSR count). The molecule has 0 atom stereocenters. The predicted molar refractivity (Wildman–Crippen MR) is 99.8 cm³/mol. The van der Waals surface area contributed by atoms with Crippen molar-refractivity contribution in [2.24, 2.45) is 0 Å². The lowest BCUT2D eigenvalue weighted by molar-refractivity contribution is 0.620. The molecule has 0 bridgehead atoms. The Kier molecular flexibility index (Phi) is 3.35. The molecule has 26 heavy (non-hydrogen) atoms. The van der Waals surface area contributed by atoms with Crippen molar-refractivity contribution < 1.29 is 4.42 Å². The Balaban J connectivity index is 1.57. The molecule has 2 aromatic heterocycles. The van der Waals surface area contributed by atoms with Crippen LogP contribution >= 0.6 is 0 Å². The van der Waals surface area contributed by atoms with Crippen LogP contribution < -0.4 is 0 Å². The average molecular weight is 338 g/mol. The molecule has 5 aromatic rings. The SMILES string of the molecule is c1ccc(-c2ccc3oc(-c4cccc(-n5cnnc5)c4)nc3c2)cc1. The molecule has 0 saturated heterocycles. The smallest absolute Gasteiger partial charge is 0.227 e. The standard InChI is InChI=1S/C21H14N4O/c1-2-5-15(6-3-1)16-9-10-20-19(12-16)24-21(26-20)17-7-4-8-18(11-17)25-13-22-23-14-25/h1-14H. The molecule has 0 aliphatic rings. The molecule has 0 N–H and O–H groups in total. The molecular weight excluding hydrogens is 324 g/mol. The van der Waals surface area contributed by atoms with Gasteiger partial charge < -0.3 is 4.42 Å². The van der Waals surface area contributed by atoms with Crippen LogP contribution in [0.3, 0.4) is 0 Å². The highest BCUT2D eigenvalue weighted by molar-refractivity contribution is 5.82. The summed E-state index contributed by atoms with van der Waals surface area (Å²) in [5.74, 6) is 0.597. The first kappa shape index (κ1) is 14.6. The quantitative estimate of drug-likeness (QED) is 0.477. The molecule has 0 fully saturated rings. The van der Waals surface area contributed by atoms with Crippen molar-refractivity contribution in [3.05, 3.63) is 85.5 Å². The van der Waals surface area contributed by atoms with Crippen LogP contribution in [-0.2, 0) is 0 Å². The minimum atomic E-state index is 0.597. The predicted octanol–water partition coefficient (Wildman–Crippen LogP) is 4.74. The van der Waals surface area contributed by atoms with Gasteiger partial charge in [0, 0.05) is 11.3 Å². The lowest BCUT2D eigenvalue weighted by atomic mass is 10.1. The fourth-order valence-electron chi connectivity index (χ4n) is 2.99. The third-order valence-corrected chi connectivity index (χ3v) is 4.30. The van der Waals surface area contributed by atoms with Gasteiger partial charge in [-0.05, 0) is 41.5 Å². The van der Waals surface area contributed by atoms with Crippen molar-refractivity contribution in [1.29, 1.82) is 0 Å². The highest BCUT2D eigenvalue weighted by atomic mass is 16.3. The van der Waals surface area contributed by atoms with Crippen LogP contribution in [-0.4, -0.2) is 19.7 Å². The molecule has 5 heteroatoms. The number of hydrogen-bond donors (Lipinski definition) is 0. The van der Waals surface area contributed by atoms with Gasteiger partial charge in [-0.2, -0.15) is 0 Å². The summed E-state index contributed by atoms with van der Waals surface area (Å²) in [7, 11) is 0. The fourth-order valence-corrected chi connectivity index (χ4v) is 2.99. The number of oxazole rings is 1. The van der Waals surface area contributed by atoms with Crippen LogP contribution in [0.25, 0.3) is 39.4 Å². The molecule has 0 aliphatic heterocycles. The van der Waals surface area contributed by atoms with Crippen molar-refractivity contribution in [2.45, 2.75) is 0 Å². The van der Waals surface area contributed by atoms with E-state index in [1.54, 1.807) is 12.7 Å². The van der Waals surface area contributed by atoms with E-state index in [9.17, 15) is 0 Å². The van der Waals surface area contributed by atoms with Crippen molar-refractivity contribution >= 4 is 11.1 Å². The first-order chi connectivity index (χ1) is 12.9. The van der Waals surface area contributed by atoms with Gasteiger partial charge in [-0.25, -0.2) is 4.98 Å². The normalized spacial score (nSPS) is 11.1. The maximum absolute atomic E-state index is 5.97. The summed E-state index contributed by atoms with van der Waals surface area (Å²) < 4.78 is 7.81. The van der Waals surface area contributed by atoms with E-state index < -0.39 is 0 Å². The van der Waals surface area contributed by atoms with Gasteiger partial charge >= 0.3 is 0 Å². The number of rotatable bonds is 3. The highest BCUT2D eigenvalue weighted by Crippen LogP contribution is 2.29. The summed E-state index contributed by atoms with van der Waals surface area (Å²) in [6, 6.07) is 24.3. The first-order valence-electron chi connectivity index (χ1n) is 8.28. The zero-order valence-corrected chi connectivity index (χ0v) is 13.8. The molecule has 0 amide bonds. The van der Waals surface area contributed by atoms with Gasteiger partial charge in [0.05, 0.1) is 0 Å². The zero-order valence-electron chi connectivity index (χ0n) is 13.8. The van der Waals surface area contributed by atoms with Crippen LogP contribution in [0.4, 0.5) is 0 Å². The van der Waals surface area contributed by atoms with Crippen molar-refractivity contribution in [1.82, 2.24) is 19.7 Å². The Morgan fingerprint density at radius 3 is 2.35 bits per heavy atom. The second kappa shape index (κ2) is 5.97. The summed E-state index contributed by atoms with van der Waals surface area (Å²) in [4.78, 5) is 4.68. The lowest BCUT2D eigenvalue weighted by Gasteiger charge is -2.02. The van der Waals surface area contributed by atoms with Crippen molar-refractivity contribution in [3.8, 4) is 28.3 Å². The van der Waals surface area contributed by atoms with E-state index in [1.807, 2.05) is 53.1 Å². The molecule has 5 nitrogen and oxygen atoms in total. The largest absolute Gasteiger partial charge is 0.436 e. The number of hydrogen-bond acceptors (Lipinski definition) is 4. The third kappa shape index (κ3) is 2.56. The van der Waals surface area contributed by atoms with Crippen molar-refractivity contribution in [2.75, 3.05) is 0 Å². The Hall–Kier alpha value is -3.73. The number of fused-ring (bicyclic) bond motifs is 1. The van der Waals surface area contributed by atoms with Crippen LogP contribution in [0.2, 0.25) is 0 Å². The molecular formula is C21H14N4O. The Morgan fingerprint density at radius 2 is 1.50 bits per heavy atom. The monoisotopic (exact) mass is 338 g/mol. The lowest BCUT2D eigenvalue weighted by Crippen LogP contribution is -1.90. The molecule has 0 aliphatic carbocycles. The van der Waals surface area contributed by atoms with Crippen molar-refractivity contribution in [3.63, 3.8) is 0 Å². The van der Waals surface area contributed by atoms with Crippen LogP contribution in [0, 0.1) is 0 Å². The second-order valence-corrected chi connectivity index (χ2v) is 5.99. The minimum absolute atomic E-state index is 0.597. The van der Waals surface area contributed by atoms with E-state index in [0.29, 0.717) is 5.89 Å². The summed E-state index contributed by atoms with van der Waals surface area (Å²) in [6.07, 6.45) is 3.33. The van der Waals surface area contributed by atoms with Crippen LogP contribution in [0.15, 0.2) is 89.9 Å². The average Bonchev–Trinajstić information content (AvgIpc) is 3.38. The molecule has 0 unspecified atom stereocenters. The van der Waals surface area contributed by atoms with E-state index >= 15 is 0 Å². The topological polar surface area (TPSA) is 56.7 Å². The Morgan fingerprint density at radius 1 is 0.692 bits per heavy atom. The summed E-state index contributed by atoms with van der Waals surface area (Å²) in [5, 5.41) is 7.70. The minimum Gasteiger partial charge on any atom is -0.436 e. The van der Waals surface area contributed by atoms with E-state index in [4.69, 9.17) is 4.42 Å². The van der Waals surface area contributed by atoms with Gasteiger partial charge in [-0.1, -0.05) is 42.5 Å². The zero-order chi connectivity index (χ0) is 17.3. The van der Waals surface area contributed by atoms with E-state index in [0.717, 1.165) is 33.5 Å². The van der Waals surface area contributed by atoms with Gasteiger partial charge in [-0.3, -0.25) is 4.57 Å². The molecule has 124 valence electrons. The fraction of sp³-hybridized carbons (Fsp3) is 0.